The molecule has 7 heteroatoms. The van der Waals surface area contributed by atoms with Crippen molar-refractivity contribution in [1.82, 2.24) is 15.5 Å². The van der Waals surface area contributed by atoms with E-state index in [0.29, 0.717) is 13.0 Å². The van der Waals surface area contributed by atoms with Gasteiger partial charge in [-0.3, -0.25) is 19.9 Å². The minimum atomic E-state index is -0.330. The molecule has 0 bridgehead atoms. The Morgan fingerprint density at radius 2 is 1.60 bits per heavy atom. The third kappa shape index (κ3) is 3.62. The highest BCUT2D eigenvalue weighted by molar-refractivity contribution is 6.05. The maximum atomic E-state index is 11.9. The van der Waals surface area contributed by atoms with Gasteiger partial charge in [0, 0.05) is 70.2 Å². The first-order valence-electron chi connectivity index (χ1n) is 9.08. The molecule has 3 amide bonds. The average Bonchev–Trinajstić information content (AvgIpc) is 2.59. The van der Waals surface area contributed by atoms with E-state index in [9.17, 15) is 9.59 Å². The lowest BCUT2D eigenvalue weighted by atomic mass is 10.0. The Morgan fingerprint density at radius 1 is 0.920 bits per heavy atom. The van der Waals surface area contributed by atoms with Crippen LogP contribution in [0, 0.1) is 5.92 Å². The zero-order valence-electron chi connectivity index (χ0n) is 14.4. The first-order valence-corrected chi connectivity index (χ1v) is 9.08. The highest BCUT2D eigenvalue weighted by Crippen LogP contribution is 2.23. The number of carbonyl (C=O) groups is 2. The summed E-state index contributed by atoms with van der Waals surface area (Å²) in [6, 6.07) is 7.76. The van der Waals surface area contributed by atoms with Crippen molar-refractivity contribution in [2.45, 2.75) is 6.42 Å². The van der Waals surface area contributed by atoms with Gasteiger partial charge in [-0.05, 0) is 30.2 Å². The maximum Gasteiger partial charge on any atom is 0.328 e. The van der Waals surface area contributed by atoms with Crippen LogP contribution in [0.2, 0.25) is 0 Å². The van der Waals surface area contributed by atoms with Crippen molar-refractivity contribution in [2.24, 2.45) is 5.92 Å². The van der Waals surface area contributed by atoms with Crippen LogP contribution in [-0.4, -0.2) is 69.2 Å². The lowest BCUT2D eigenvalue weighted by Crippen LogP contribution is -2.53. The van der Waals surface area contributed by atoms with Gasteiger partial charge in [-0.15, -0.1) is 0 Å². The van der Waals surface area contributed by atoms with Crippen molar-refractivity contribution in [3.8, 4) is 0 Å². The molecule has 2 N–H and O–H groups in total. The van der Waals surface area contributed by atoms with Gasteiger partial charge in [0.25, 0.3) is 0 Å². The third-order valence-electron chi connectivity index (χ3n) is 5.34. The fourth-order valence-corrected chi connectivity index (χ4v) is 3.69. The molecule has 4 rings (SSSR count). The second-order valence-corrected chi connectivity index (χ2v) is 7.08. The first kappa shape index (κ1) is 16.4. The van der Waals surface area contributed by atoms with Crippen molar-refractivity contribution in [1.29, 1.82) is 0 Å². The van der Waals surface area contributed by atoms with Crippen molar-refractivity contribution < 1.29 is 9.59 Å². The Bertz CT molecular complexity index is 635. The van der Waals surface area contributed by atoms with Gasteiger partial charge in [0.15, 0.2) is 0 Å². The van der Waals surface area contributed by atoms with E-state index in [1.165, 1.54) is 12.2 Å². The molecule has 3 heterocycles. The largest absolute Gasteiger partial charge is 0.369 e. The Balaban J connectivity index is 1.33. The van der Waals surface area contributed by atoms with E-state index in [0.717, 1.165) is 50.9 Å². The minimum Gasteiger partial charge on any atom is -0.369 e. The molecule has 0 aliphatic carbocycles. The van der Waals surface area contributed by atoms with E-state index in [4.69, 9.17) is 0 Å². The van der Waals surface area contributed by atoms with Gasteiger partial charge < -0.3 is 10.2 Å². The lowest BCUT2D eigenvalue weighted by Gasteiger charge is -2.39. The Hall–Kier alpha value is -2.12. The number of benzene rings is 1. The van der Waals surface area contributed by atoms with Gasteiger partial charge in [0.05, 0.1) is 0 Å². The van der Waals surface area contributed by atoms with Gasteiger partial charge in [-0.1, -0.05) is 0 Å². The molecule has 3 aliphatic rings. The Kier molecular flexibility index (Phi) is 4.59. The molecule has 3 aliphatic heterocycles. The maximum absolute atomic E-state index is 11.9. The molecule has 0 spiro atoms. The summed E-state index contributed by atoms with van der Waals surface area (Å²) in [5, 5.41) is 5.70. The summed E-state index contributed by atoms with van der Waals surface area (Å²) in [6.45, 7) is 8.27. The van der Waals surface area contributed by atoms with Crippen LogP contribution >= 0.6 is 0 Å². The van der Waals surface area contributed by atoms with E-state index >= 15 is 0 Å². The average molecular weight is 343 g/mol. The van der Waals surface area contributed by atoms with E-state index < -0.39 is 0 Å². The smallest absolute Gasteiger partial charge is 0.328 e. The molecule has 0 unspecified atom stereocenters. The summed E-state index contributed by atoms with van der Waals surface area (Å²) >= 11 is 0. The second kappa shape index (κ2) is 7.01. The number of hydrogen-bond acceptors (Lipinski definition) is 5. The van der Waals surface area contributed by atoms with Crippen molar-refractivity contribution in [3.63, 3.8) is 0 Å². The van der Waals surface area contributed by atoms with Gasteiger partial charge in [0.2, 0.25) is 5.91 Å². The van der Waals surface area contributed by atoms with Gasteiger partial charge in [0.1, 0.15) is 0 Å². The number of hydrogen-bond donors (Lipinski definition) is 2. The summed E-state index contributed by atoms with van der Waals surface area (Å²) in [7, 11) is 0. The highest BCUT2D eigenvalue weighted by atomic mass is 16.2. The fourth-order valence-electron chi connectivity index (χ4n) is 3.69. The van der Waals surface area contributed by atoms with Crippen LogP contribution in [0.1, 0.15) is 6.42 Å². The van der Waals surface area contributed by atoms with E-state index in [-0.39, 0.29) is 11.9 Å². The standard InChI is InChI=1S/C18H25N5O2/c24-17-5-6-23(18(25)20-17)16-3-1-15(2-4-16)22-9-7-21(8-10-22)13-14-11-19-12-14/h1-4,14,19H,5-13H2,(H,20,24,25). The lowest BCUT2D eigenvalue weighted by molar-refractivity contribution is -0.120. The number of amides is 3. The number of imide groups is 1. The number of piperazine rings is 1. The molecule has 0 saturated carbocycles. The molecule has 3 saturated heterocycles. The number of urea groups is 1. The monoisotopic (exact) mass is 343 g/mol. The van der Waals surface area contributed by atoms with Crippen molar-refractivity contribution >= 4 is 23.3 Å². The molecule has 3 fully saturated rings. The molecule has 0 atom stereocenters. The van der Waals surface area contributed by atoms with Crippen LogP contribution in [0.25, 0.3) is 0 Å². The summed E-state index contributed by atoms with van der Waals surface area (Å²) in [6.07, 6.45) is 0.353. The summed E-state index contributed by atoms with van der Waals surface area (Å²) < 4.78 is 0. The van der Waals surface area contributed by atoms with E-state index in [1.807, 2.05) is 12.1 Å². The third-order valence-corrected chi connectivity index (χ3v) is 5.34. The number of rotatable bonds is 4. The second-order valence-electron chi connectivity index (χ2n) is 7.08. The van der Waals surface area contributed by atoms with Crippen molar-refractivity contribution in [2.75, 3.05) is 62.2 Å². The predicted molar refractivity (Wildman–Crippen MR) is 97.0 cm³/mol. The first-order chi connectivity index (χ1) is 12.2. The normalized spacial score (nSPS) is 22.7. The van der Waals surface area contributed by atoms with E-state index in [2.05, 4.69) is 32.6 Å². The zero-order valence-corrected chi connectivity index (χ0v) is 14.4. The molecule has 7 nitrogen and oxygen atoms in total. The SMILES string of the molecule is O=C1CCN(c2ccc(N3CCN(CC4CNC4)CC3)cc2)C(=O)N1. The van der Waals surface area contributed by atoms with E-state index in [1.54, 1.807) is 4.90 Å². The molecule has 0 radical (unpaired) electrons. The summed E-state index contributed by atoms with van der Waals surface area (Å²) in [4.78, 5) is 29.8. The summed E-state index contributed by atoms with van der Waals surface area (Å²) in [5.41, 5.74) is 2.03. The number of anilines is 2. The van der Waals surface area contributed by atoms with Crippen LogP contribution in [0.5, 0.6) is 0 Å². The zero-order chi connectivity index (χ0) is 17.2. The number of nitrogens with one attached hydrogen (secondary N) is 2. The number of nitrogens with zero attached hydrogens (tertiary/aromatic N) is 3. The van der Waals surface area contributed by atoms with Crippen LogP contribution in [0.15, 0.2) is 24.3 Å². The van der Waals surface area contributed by atoms with Crippen LogP contribution in [0.3, 0.4) is 0 Å². The highest BCUT2D eigenvalue weighted by Gasteiger charge is 2.25. The molecule has 1 aromatic carbocycles. The summed E-state index contributed by atoms with van der Waals surface area (Å²) in [5.74, 6) is 0.627. The van der Waals surface area contributed by atoms with Gasteiger partial charge in [-0.2, -0.15) is 0 Å². The Labute approximate surface area is 147 Å². The molecular formula is C18H25N5O2. The molecule has 1 aromatic rings. The molecule has 134 valence electrons. The topological polar surface area (TPSA) is 67.9 Å². The Morgan fingerprint density at radius 3 is 2.20 bits per heavy atom. The molecule has 0 aromatic heterocycles. The fraction of sp³-hybridized carbons (Fsp3) is 0.556. The van der Waals surface area contributed by atoms with Crippen LogP contribution in [-0.2, 0) is 4.79 Å². The molecular weight excluding hydrogens is 318 g/mol. The van der Waals surface area contributed by atoms with Crippen molar-refractivity contribution in [3.05, 3.63) is 24.3 Å². The minimum absolute atomic E-state index is 0.201. The quantitative estimate of drug-likeness (QED) is 0.832. The van der Waals surface area contributed by atoms with Crippen LogP contribution in [0.4, 0.5) is 16.2 Å². The molecule has 25 heavy (non-hydrogen) atoms. The predicted octanol–water partition coefficient (Wildman–Crippen LogP) is 0.474. The van der Waals surface area contributed by atoms with Crippen LogP contribution < -0.4 is 20.4 Å². The van der Waals surface area contributed by atoms with Gasteiger partial charge in [-0.25, -0.2) is 4.79 Å². The number of carbonyl (C=O) groups excluding carboxylic acids is 2. The van der Waals surface area contributed by atoms with Gasteiger partial charge >= 0.3 is 6.03 Å².